The Morgan fingerprint density at radius 2 is 2.10 bits per heavy atom. The lowest BCUT2D eigenvalue weighted by molar-refractivity contribution is 0.265. The van der Waals surface area contributed by atoms with Gasteiger partial charge < -0.3 is 10.4 Å². The summed E-state index contributed by atoms with van der Waals surface area (Å²) in [5, 5.41) is 16.2. The van der Waals surface area contributed by atoms with E-state index >= 15 is 0 Å². The third kappa shape index (κ3) is 3.45. The van der Waals surface area contributed by atoms with Crippen LogP contribution in [0.1, 0.15) is 47.5 Å². The van der Waals surface area contributed by atoms with Gasteiger partial charge in [-0.3, -0.25) is 0 Å². The van der Waals surface area contributed by atoms with E-state index in [2.05, 4.69) is 22.8 Å². The first-order valence-electron chi connectivity index (χ1n) is 7.20. The maximum absolute atomic E-state index is 9.23. The van der Waals surface area contributed by atoms with Crippen LogP contribution < -0.4 is 5.32 Å². The molecule has 0 unspecified atom stereocenters. The molecule has 1 aromatic carbocycles. The molecule has 0 spiro atoms. The van der Waals surface area contributed by atoms with Crippen molar-refractivity contribution in [3.05, 3.63) is 52.0 Å². The van der Waals surface area contributed by atoms with Crippen LogP contribution in [0.2, 0.25) is 0 Å². The van der Waals surface area contributed by atoms with Gasteiger partial charge in [-0.1, -0.05) is 30.3 Å². The molecule has 1 fully saturated rings. The minimum absolute atomic E-state index is 0.187. The Morgan fingerprint density at radius 3 is 2.80 bits per heavy atom. The lowest BCUT2D eigenvalue weighted by Crippen LogP contribution is -2.22. The highest BCUT2D eigenvalue weighted by molar-refractivity contribution is 7.09. The smallest absolute Gasteiger partial charge is 0.0959 e. The number of rotatable bonds is 7. The molecule has 0 aliphatic heterocycles. The molecule has 0 amide bonds. The van der Waals surface area contributed by atoms with Crippen LogP contribution >= 0.6 is 11.3 Å². The fourth-order valence-electron chi connectivity index (χ4n) is 2.35. The molecule has 2 N–H and O–H groups in total. The lowest BCUT2D eigenvalue weighted by Gasteiger charge is -2.17. The van der Waals surface area contributed by atoms with Crippen molar-refractivity contribution in [2.75, 3.05) is 6.61 Å². The number of hydrogen-bond donors (Lipinski definition) is 2. The molecule has 0 radical (unpaired) electrons. The van der Waals surface area contributed by atoms with E-state index in [0.717, 1.165) is 24.6 Å². The maximum atomic E-state index is 9.23. The average Bonchev–Trinajstić information content (AvgIpc) is 3.24. The van der Waals surface area contributed by atoms with Crippen molar-refractivity contribution >= 4 is 11.3 Å². The number of benzene rings is 1. The number of nitrogens with zero attached hydrogens (tertiary/aromatic N) is 1. The molecule has 0 saturated heterocycles. The van der Waals surface area contributed by atoms with Gasteiger partial charge in [0.05, 0.1) is 10.7 Å². The Kier molecular flexibility index (Phi) is 4.45. The van der Waals surface area contributed by atoms with Gasteiger partial charge in [0.25, 0.3) is 0 Å². The van der Waals surface area contributed by atoms with Crippen LogP contribution in [0.25, 0.3) is 0 Å². The van der Waals surface area contributed by atoms with Crippen LogP contribution in [0.3, 0.4) is 0 Å². The van der Waals surface area contributed by atoms with Crippen LogP contribution in [-0.2, 0) is 6.54 Å². The minimum atomic E-state index is 0.187. The zero-order valence-electron chi connectivity index (χ0n) is 11.5. The summed E-state index contributed by atoms with van der Waals surface area (Å²) in [7, 11) is 0. The molecule has 3 nitrogen and oxygen atoms in total. The highest BCUT2D eigenvalue weighted by Gasteiger charge is 2.26. The molecule has 2 aromatic rings. The second kappa shape index (κ2) is 6.48. The van der Waals surface area contributed by atoms with Crippen LogP contribution in [0, 0.1) is 0 Å². The van der Waals surface area contributed by atoms with Crippen LogP contribution in [0.5, 0.6) is 0 Å². The van der Waals surface area contributed by atoms with Gasteiger partial charge in [0.1, 0.15) is 0 Å². The fraction of sp³-hybridized carbons (Fsp3) is 0.438. The van der Waals surface area contributed by atoms with E-state index in [-0.39, 0.29) is 12.6 Å². The molecule has 1 atom stereocenters. The molecule has 4 heteroatoms. The first kappa shape index (κ1) is 13.7. The van der Waals surface area contributed by atoms with Crippen LogP contribution in [0.4, 0.5) is 0 Å². The largest absolute Gasteiger partial charge is 0.396 e. The van der Waals surface area contributed by atoms with Gasteiger partial charge in [0.2, 0.25) is 0 Å². The Morgan fingerprint density at radius 1 is 1.30 bits per heavy atom. The Hall–Kier alpha value is -1.23. The van der Waals surface area contributed by atoms with Gasteiger partial charge in [-0.2, -0.15) is 0 Å². The summed E-state index contributed by atoms with van der Waals surface area (Å²) in [6.07, 6.45) is 3.33. The first-order chi connectivity index (χ1) is 9.86. The van der Waals surface area contributed by atoms with Gasteiger partial charge >= 0.3 is 0 Å². The summed E-state index contributed by atoms with van der Waals surface area (Å²) < 4.78 is 0. The van der Waals surface area contributed by atoms with E-state index in [9.17, 15) is 5.11 Å². The second-order valence-electron chi connectivity index (χ2n) is 5.31. The normalized spacial score (nSPS) is 16.2. The summed E-state index contributed by atoms with van der Waals surface area (Å²) in [4.78, 5) is 4.69. The third-order valence-electron chi connectivity index (χ3n) is 3.65. The SMILES string of the molecule is OCC[C@@H](NCc1csc(C2CC2)n1)c1ccccc1. The molecule has 3 rings (SSSR count). The zero-order valence-corrected chi connectivity index (χ0v) is 12.3. The molecule has 20 heavy (non-hydrogen) atoms. The van der Waals surface area contributed by atoms with E-state index in [4.69, 9.17) is 4.98 Å². The van der Waals surface area contributed by atoms with Gasteiger partial charge in [-0.05, 0) is 24.8 Å². The zero-order chi connectivity index (χ0) is 13.8. The number of aliphatic hydroxyl groups is 1. The molecule has 1 aliphatic carbocycles. The van der Waals surface area contributed by atoms with Gasteiger partial charge in [0.15, 0.2) is 0 Å². The fourth-order valence-corrected chi connectivity index (χ4v) is 3.34. The molecule has 0 bridgehead atoms. The highest BCUT2D eigenvalue weighted by Crippen LogP contribution is 2.41. The standard InChI is InChI=1S/C16H20N2OS/c19-9-8-15(12-4-2-1-3-5-12)17-10-14-11-20-16(18-14)13-6-7-13/h1-5,11,13,15,17,19H,6-10H2/t15-/m1/s1. The molecule has 1 heterocycles. The summed E-state index contributed by atoms with van der Waals surface area (Å²) in [5.41, 5.74) is 2.34. The molecular weight excluding hydrogens is 268 g/mol. The summed E-state index contributed by atoms with van der Waals surface area (Å²) in [6.45, 7) is 0.958. The van der Waals surface area contributed by atoms with Crippen molar-refractivity contribution in [2.24, 2.45) is 0 Å². The predicted molar refractivity (Wildman–Crippen MR) is 81.8 cm³/mol. The van der Waals surface area contributed by atoms with E-state index in [1.165, 1.54) is 23.4 Å². The van der Waals surface area contributed by atoms with E-state index in [1.807, 2.05) is 18.2 Å². The topological polar surface area (TPSA) is 45.1 Å². The maximum Gasteiger partial charge on any atom is 0.0959 e. The minimum Gasteiger partial charge on any atom is -0.396 e. The number of nitrogens with one attached hydrogen (secondary N) is 1. The average molecular weight is 288 g/mol. The third-order valence-corrected chi connectivity index (χ3v) is 4.70. The summed E-state index contributed by atoms with van der Waals surface area (Å²) >= 11 is 1.78. The van der Waals surface area contributed by atoms with Crippen molar-refractivity contribution in [3.63, 3.8) is 0 Å². The monoisotopic (exact) mass is 288 g/mol. The van der Waals surface area contributed by atoms with Crippen LogP contribution in [0.15, 0.2) is 35.7 Å². The van der Waals surface area contributed by atoms with Crippen molar-refractivity contribution in [2.45, 2.75) is 37.8 Å². The summed E-state index contributed by atoms with van der Waals surface area (Å²) in [6, 6.07) is 10.5. The molecule has 1 saturated carbocycles. The van der Waals surface area contributed by atoms with Crippen LogP contribution in [-0.4, -0.2) is 16.7 Å². The Labute approximate surface area is 123 Å². The number of aliphatic hydroxyl groups excluding tert-OH is 1. The quantitative estimate of drug-likeness (QED) is 0.822. The molecular formula is C16H20N2OS. The Balaban J connectivity index is 1.61. The number of aromatic nitrogens is 1. The predicted octanol–water partition coefficient (Wildman–Crippen LogP) is 3.23. The highest BCUT2D eigenvalue weighted by atomic mass is 32.1. The van der Waals surface area contributed by atoms with E-state index in [0.29, 0.717) is 0 Å². The van der Waals surface area contributed by atoms with E-state index in [1.54, 1.807) is 11.3 Å². The number of hydrogen-bond acceptors (Lipinski definition) is 4. The van der Waals surface area contributed by atoms with Crippen molar-refractivity contribution in [1.29, 1.82) is 0 Å². The molecule has 1 aliphatic rings. The van der Waals surface area contributed by atoms with E-state index < -0.39 is 0 Å². The molecule has 106 valence electrons. The van der Waals surface area contributed by atoms with Crippen molar-refractivity contribution < 1.29 is 5.11 Å². The van der Waals surface area contributed by atoms with Gasteiger partial charge in [-0.15, -0.1) is 11.3 Å². The van der Waals surface area contributed by atoms with Crippen molar-refractivity contribution in [3.8, 4) is 0 Å². The van der Waals surface area contributed by atoms with Crippen molar-refractivity contribution in [1.82, 2.24) is 10.3 Å². The molecule has 1 aromatic heterocycles. The number of thiazole rings is 1. The van der Waals surface area contributed by atoms with Gasteiger partial charge in [0, 0.05) is 30.5 Å². The second-order valence-corrected chi connectivity index (χ2v) is 6.20. The Bertz CT molecular complexity index is 536. The summed E-state index contributed by atoms with van der Waals surface area (Å²) in [5.74, 6) is 0.733. The first-order valence-corrected chi connectivity index (χ1v) is 8.08. The van der Waals surface area contributed by atoms with Gasteiger partial charge in [-0.25, -0.2) is 4.98 Å². The lowest BCUT2D eigenvalue weighted by atomic mass is 10.0.